The van der Waals surface area contributed by atoms with E-state index in [4.69, 9.17) is 0 Å². The van der Waals surface area contributed by atoms with Crippen LogP contribution in [0.25, 0.3) is 0 Å². The summed E-state index contributed by atoms with van der Waals surface area (Å²) in [5.74, 6) is -2.52. The lowest BCUT2D eigenvalue weighted by Gasteiger charge is -2.10. The van der Waals surface area contributed by atoms with E-state index in [1.165, 1.54) is 6.92 Å². The maximum Gasteiger partial charge on any atom is 0.138 e. The zero-order valence-electron chi connectivity index (χ0n) is 5.51. The third kappa shape index (κ3) is 2.26. The SMILES string of the molecule is CCC(C(C)=O)C(=O)[O-]. The lowest BCUT2D eigenvalue weighted by molar-refractivity contribution is -0.309. The average molecular weight is 129 g/mol. The van der Waals surface area contributed by atoms with Crippen LogP contribution in [0.15, 0.2) is 0 Å². The minimum Gasteiger partial charge on any atom is -0.549 e. The van der Waals surface area contributed by atoms with Gasteiger partial charge in [0.25, 0.3) is 0 Å². The minimum atomic E-state index is -1.27. The van der Waals surface area contributed by atoms with Crippen molar-refractivity contribution in [1.82, 2.24) is 0 Å². The summed E-state index contributed by atoms with van der Waals surface area (Å²) in [5, 5.41) is 10.0. The maximum absolute atomic E-state index is 10.4. The number of carboxylic acid groups (broad SMARTS) is 1. The third-order valence-corrected chi connectivity index (χ3v) is 1.18. The van der Waals surface area contributed by atoms with Gasteiger partial charge in [-0.2, -0.15) is 0 Å². The van der Waals surface area contributed by atoms with Crippen LogP contribution in [0, 0.1) is 5.92 Å². The van der Waals surface area contributed by atoms with Crippen molar-refractivity contribution in [2.24, 2.45) is 5.92 Å². The van der Waals surface area contributed by atoms with Crippen LogP contribution in [0.1, 0.15) is 20.3 Å². The number of carboxylic acids is 1. The fourth-order valence-corrected chi connectivity index (χ4v) is 0.620. The van der Waals surface area contributed by atoms with Gasteiger partial charge in [-0.3, -0.25) is 4.79 Å². The van der Waals surface area contributed by atoms with Crippen molar-refractivity contribution in [2.75, 3.05) is 0 Å². The first-order valence-corrected chi connectivity index (χ1v) is 2.81. The van der Waals surface area contributed by atoms with Crippen molar-refractivity contribution in [3.8, 4) is 0 Å². The standard InChI is InChI=1S/C6H10O3/c1-3-5(4(2)7)6(8)9/h5H,3H2,1-2H3,(H,8,9)/p-1. The summed E-state index contributed by atoms with van der Waals surface area (Å²) >= 11 is 0. The molecule has 1 unspecified atom stereocenters. The second-order valence-electron chi connectivity index (χ2n) is 1.89. The quantitative estimate of drug-likeness (QED) is 0.476. The number of ketones is 1. The van der Waals surface area contributed by atoms with E-state index in [0.717, 1.165) is 0 Å². The molecule has 0 heterocycles. The molecule has 0 aliphatic heterocycles. The topological polar surface area (TPSA) is 57.2 Å². The van der Waals surface area contributed by atoms with E-state index < -0.39 is 11.9 Å². The third-order valence-electron chi connectivity index (χ3n) is 1.18. The largest absolute Gasteiger partial charge is 0.549 e. The number of hydrogen-bond acceptors (Lipinski definition) is 3. The predicted molar refractivity (Wildman–Crippen MR) is 29.5 cm³/mol. The van der Waals surface area contributed by atoms with Crippen molar-refractivity contribution < 1.29 is 14.7 Å². The Morgan fingerprint density at radius 3 is 2.00 bits per heavy atom. The number of Topliss-reactive ketones (excluding diaryl/α,β-unsaturated/α-hetero) is 1. The molecule has 3 nitrogen and oxygen atoms in total. The Morgan fingerprint density at radius 1 is 1.56 bits per heavy atom. The summed E-state index contributed by atoms with van der Waals surface area (Å²) in [7, 11) is 0. The van der Waals surface area contributed by atoms with Gasteiger partial charge in [-0.15, -0.1) is 0 Å². The molecular formula is C6H9O3-. The van der Waals surface area contributed by atoms with E-state index in [2.05, 4.69) is 0 Å². The van der Waals surface area contributed by atoms with Gasteiger partial charge < -0.3 is 9.90 Å². The predicted octanol–water partition coefficient (Wildman–Crippen LogP) is -0.649. The van der Waals surface area contributed by atoms with Crippen LogP contribution < -0.4 is 5.11 Å². The molecule has 0 aromatic heterocycles. The van der Waals surface area contributed by atoms with Crippen molar-refractivity contribution in [2.45, 2.75) is 20.3 Å². The molecule has 0 N–H and O–H groups in total. The molecule has 0 amide bonds. The molecule has 0 spiro atoms. The molecule has 0 aliphatic rings. The molecule has 0 fully saturated rings. The molecule has 0 saturated carbocycles. The van der Waals surface area contributed by atoms with E-state index in [-0.39, 0.29) is 5.78 Å². The number of carbonyl (C=O) groups excluding carboxylic acids is 2. The highest BCUT2D eigenvalue weighted by molar-refractivity contribution is 5.95. The van der Waals surface area contributed by atoms with E-state index in [9.17, 15) is 14.7 Å². The van der Waals surface area contributed by atoms with Gasteiger partial charge in [0.15, 0.2) is 0 Å². The first-order chi connectivity index (χ1) is 4.09. The van der Waals surface area contributed by atoms with Crippen LogP contribution in [0.4, 0.5) is 0 Å². The summed E-state index contributed by atoms with van der Waals surface area (Å²) < 4.78 is 0. The smallest absolute Gasteiger partial charge is 0.138 e. The fraction of sp³-hybridized carbons (Fsp3) is 0.667. The second kappa shape index (κ2) is 3.22. The van der Waals surface area contributed by atoms with Gasteiger partial charge in [0.2, 0.25) is 0 Å². The Morgan fingerprint density at radius 2 is 2.00 bits per heavy atom. The molecule has 0 aromatic carbocycles. The summed E-state index contributed by atoms with van der Waals surface area (Å²) in [6.45, 7) is 2.89. The van der Waals surface area contributed by atoms with Crippen molar-refractivity contribution in [1.29, 1.82) is 0 Å². The van der Waals surface area contributed by atoms with Gasteiger partial charge in [0.1, 0.15) is 5.78 Å². The Labute approximate surface area is 53.7 Å². The van der Waals surface area contributed by atoms with Crippen molar-refractivity contribution in [3.05, 3.63) is 0 Å². The Hall–Kier alpha value is -0.860. The maximum atomic E-state index is 10.4. The van der Waals surface area contributed by atoms with E-state index in [0.29, 0.717) is 6.42 Å². The highest BCUT2D eigenvalue weighted by Crippen LogP contribution is 2.00. The van der Waals surface area contributed by atoms with Crippen LogP contribution in [0.2, 0.25) is 0 Å². The summed E-state index contributed by atoms with van der Waals surface area (Å²) in [4.78, 5) is 20.4. The number of rotatable bonds is 3. The molecule has 0 rings (SSSR count). The summed E-state index contributed by atoms with van der Waals surface area (Å²) in [6.07, 6.45) is 0.317. The first-order valence-electron chi connectivity index (χ1n) is 2.81. The van der Waals surface area contributed by atoms with Crippen molar-refractivity contribution in [3.63, 3.8) is 0 Å². The van der Waals surface area contributed by atoms with Gasteiger partial charge in [-0.1, -0.05) is 6.92 Å². The van der Waals surface area contributed by atoms with E-state index in [1.54, 1.807) is 6.92 Å². The van der Waals surface area contributed by atoms with Gasteiger partial charge in [0.05, 0.1) is 11.9 Å². The summed E-state index contributed by atoms with van der Waals surface area (Å²) in [5.41, 5.74) is 0. The lowest BCUT2D eigenvalue weighted by atomic mass is 10.0. The number of carbonyl (C=O) groups is 2. The molecular weight excluding hydrogens is 120 g/mol. The van der Waals surface area contributed by atoms with Crippen LogP contribution in [0.3, 0.4) is 0 Å². The molecule has 0 radical (unpaired) electrons. The zero-order chi connectivity index (χ0) is 7.44. The van der Waals surface area contributed by atoms with Crippen molar-refractivity contribution >= 4 is 11.8 Å². The highest BCUT2D eigenvalue weighted by atomic mass is 16.4. The second-order valence-corrected chi connectivity index (χ2v) is 1.89. The highest BCUT2D eigenvalue weighted by Gasteiger charge is 2.11. The monoisotopic (exact) mass is 129 g/mol. The molecule has 3 heteroatoms. The van der Waals surface area contributed by atoms with Crippen LogP contribution >= 0.6 is 0 Å². The van der Waals surface area contributed by atoms with Gasteiger partial charge >= 0.3 is 0 Å². The molecule has 0 aromatic rings. The first kappa shape index (κ1) is 8.14. The molecule has 9 heavy (non-hydrogen) atoms. The molecule has 52 valence electrons. The van der Waals surface area contributed by atoms with Gasteiger partial charge in [-0.05, 0) is 13.3 Å². The van der Waals surface area contributed by atoms with Crippen LogP contribution in [-0.4, -0.2) is 11.8 Å². The minimum absolute atomic E-state index is 0.317. The molecule has 1 atom stereocenters. The van der Waals surface area contributed by atoms with Crippen LogP contribution in [0.5, 0.6) is 0 Å². The molecule has 0 aliphatic carbocycles. The fourth-order valence-electron chi connectivity index (χ4n) is 0.620. The van der Waals surface area contributed by atoms with Gasteiger partial charge in [-0.25, -0.2) is 0 Å². The normalized spacial score (nSPS) is 12.7. The Balaban J connectivity index is 3.99. The average Bonchev–Trinajstić information content (AvgIpc) is 1.64. The number of hydrogen-bond donors (Lipinski definition) is 0. The Bertz CT molecular complexity index is 114. The van der Waals surface area contributed by atoms with E-state index >= 15 is 0 Å². The summed E-state index contributed by atoms with van der Waals surface area (Å²) in [6, 6.07) is 0. The molecule has 0 saturated heterocycles. The van der Waals surface area contributed by atoms with E-state index in [1.807, 2.05) is 0 Å². The Kier molecular flexibility index (Phi) is 2.91. The lowest BCUT2D eigenvalue weighted by Crippen LogP contribution is -2.34. The van der Waals surface area contributed by atoms with Gasteiger partial charge in [0, 0.05) is 0 Å². The number of aliphatic carboxylic acids is 1. The zero-order valence-corrected chi connectivity index (χ0v) is 5.51. The van der Waals surface area contributed by atoms with Crippen LogP contribution in [-0.2, 0) is 9.59 Å². The molecule has 0 bridgehead atoms.